The third kappa shape index (κ3) is 3.73. The Morgan fingerprint density at radius 3 is 2.53 bits per heavy atom. The topological polar surface area (TPSA) is 68.1 Å². The molecule has 0 aliphatic carbocycles. The average molecular weight is 265 g/mol. The second-order valence-electron chi connectivity index (χ2n) is 5.26. The molecule has 0 aliphatic heterocycles. The van der Waals surface area contributed by atoms with Crippen LogP contribution in [-0.4, -0.2) is 15.9 Å². The molecule has 106 valence electrons. The van der Waals surface area contributed by atoms with E-state index < -0.39 is 0 Å². The van der Waals surface area contributed by atoms with Crippen molar-refractivity contribution in [1.82, 2.24) is 10.3 Å². The Morgan fingerprint density at radius 1 is 1.42 bits per heavy atom. The summed E-state index contributed by atoms with van der Waals surface area (Å²) in [6.07, 6.45) is 2.61. The van der Waals surface area contributed by atoms with Gasteiger partial charge >= 0.3 is 0 Å². The van der Waals surface area contributed by atoms with E-state index in [0.717, 1.165) is 12.1 Å². The SMILES string of the molecule is CCC(NCc1ncc(C)c([N+](=O)[O-])c1C)C(C)C. The molecule has 1 rings (SSSR count). The second-order valence-corrected chi connectivity index (χ2v) is 5.26. The summed E-state index contributed by atoms with van der Waals surface area (Å²) in [6, 6.07) is 0.404. The Hall–Kier alpha value is -1.49. The molecular weight excluding hydrogens is 242 g/mol. The molecule has 1 unspecified atom stereocenters. The monoisotopic (exact) mass is 265 g/mol. The molecule has 1 aromatic heterocycles. The number of nitro groups is 1. The Balaban J connectivity index is 2.91. The van der Waals surface area contributed by atoms with E-state index in [9.17, 15) is 10.1 Å². The van der Waals surface area contributed by atoms with Crippen molar-refractivity contribution < 1.29 is 4.92 Å². The van der Waals surface area contributed by atoms with Crippen molar-refractivity contribution in [2.24, 2.45) is 5.92 Å². The minimum absolute atomic E-state index is 0.185. The molecule has 19 heavy (non-hydrogen) atoms. The molecule has 0 aliphatic rings. The summed E-state index contributed by atoms with van der Waals surface area (Å²) in [5, 5.41) is 14.5. The average Bonchev–Trinajstić information content (AvgIpc) is 2.31. The molecule has 1 atom stereocenters. The molecule has 0 radical (unpaired) electrons. The van der Waals surface area contributed by atoms with Gasteiger partial charge in [-0.3, -0.25) is 15.1 Å². The maximum absolute atomic E-state index is 11.1. The van der Waals surface area contributed by atoms with Gasteiger partial charge < -0.3 is 5.32 Å². The van der Waals surface area contributed by atoms with Gasteiger partial charge in [0, 0.05) is 29.9 Å². The van der Waals surface area contributed by atoms with Crippen LogP contribution in [0.15, 0.2) is 6.20 Å². The highest BCUT2D eigenvalue weighted by Crippen LogP contribution is 2.24. The van der Waals surface area contributed by atoms with Crippen LogP contribution in [0, 0.1) is 29.9 Å². The van der Waals surface area contributed by atoms with Crippen LogP contribution in [0.25, 0.3) is 0 Å². The quantitative estimate of drug-likeness (QED) is 0.633. The van der Waals surface area contributed by atoms with Crippen LogP contribution in [0.4, 0.5) is 5.69 Å². The molecule has 0 fully saturated rings. The van der Waals surface area contributed by atoms with Gasteiger partial charge in [0.2, 0.25) is 0 Å². The van der Waals surface area contributed by atoms with Crippen molar-refractivity contribution in [3.63, 3.8) is 0 Å². The molecule has 1 N–H and O–H groups in total. The third-order valence-corrected chi connectivity index (χ3v) is 3.53. The maximum Gasteiger partial charge on any atom is 0.278 e. The highest BCUT2D eigenvalue weighted by atomic mass is 16.6. The molecule has 1 heterocycles. The van der Waals surface area contributed by atoms with Gasteiger partial charge in [0.25, 0.3) is 5.69 Å². The first-order chi connectivity index (χ1) is 8.88. The van der Waals surface area contributed by atoms with Crippen molar-refractivity contribution >= 4 is 5.69 Å². The normalized spacial score (nSPS) is 12.7. The Labute approximate surface area is 114 Å². The molecule has 1 aromatic rings. The van der Waals surface area contributed by atoms with Gasteiger partial charge in [-0.15, -0.1) is 0 Å². The summed E-state index contributed by atoms with van der Waals surface area (Å²) >= 11 is 0. The van der Waals surface area contributed by atoms with Gasteiger partial charge in [-0.1, -0.05) is 20.8 Å². The first-order valence-corrected chi connectivity index (χ1v) is 6.71. The number of pyridine rings is 1. The third-order valence-electron chi connectivity index (χ3n) is 3.53. The van der Waals surface area contributed by atoms with Crippen molar-refractivity contribution in [1.29, 1.82) is 0 Å². The fraction of sp³-hybridized carbons (Fsp3) is 0.643. The largest absolute Gasteiger partial charge is 0.308 e. The standard InChI is InChI=1S/C14H23N3O2/c1-6-12(9(2)3)16-8-13-11(5)14(17(18)19)10(4)7-15-13/h7,9,12,16H,6,8H2,1-5H3. The minimum atomic E-state index is -0.324. The van der Waals surface area contributed by atoms with E-state index in [1.165, 1.54) is 0 Å². The molecule has 0 spiro atoms. The number of aryl methyl sites for hydroxylation is 1. The van der Waals surface area contributed by atoms with Crippen LogP contribution in [0.3, 0.4) is 0 Å². The lowest BCUT2D eigenvalue weighted by molar-refractivity contribution is -0.386. The van der Waals surface area contributed by atoms with E-state index in [4.69, 9.17) is 0 Å². The first kappa shape index (κ1) is 15.6. The van der Waals surface area contributed by atoms with Crippen LogP contribution < -0.4 is 5.32 Å². The molecule has 0 bridgehead atoms. The second kappa shape index (κ2) is 6.61. The molecule has 0 saturated heterocycles. The number of nitrogens with one attached hydrogen (secondary N) is 1. The van der Waals surface area contributed by atoms with E-state index in [0.29, 0.717) is 29.6 Å². The molecule has 0 amide bonds. The zero-order chi connectivity index (χ0) is 14.6. The zero-order valence-corrected chi connectivity index (χ0v) is 12.4. The van der Waals surface area contributed by atoms with Gasteiger partial charge in [-0.05, 0) is 26.2 Å². The predicted octanol–water partition coefficient (Wildman–Crippen LogP) is 3.13. The van der Waals surface area contributed by atoms with Crippen molar-refractivity contribution in [2.75, 3.05) is 0 Å². The number of nitrogens with zero attached hydrogens (tertiary/aromatic N) is 2. The van der Waals surface area contributed by atoms with Gasteiger partial charge in [0.1, 0.15) is 0 Å². The van der Waals surface area contributed by atoms with E-state index in [2.05, 4.69) is 31.1 Å². The van der Waals surface area contributed by atoms with Crippen molar-refractivity contribution in [3.8, 4) is 0 Å². The Bertz CT molecular complexity index is 458. The van der Waals surface area contributed by atoms with Crippen LogP contribution in [-0.2, 0) is 6.54 Å². The minimum Gasteiger partial charge on any atom is -0.308 e. The van der Waals surface area contributed by atoms with Gasteiger partial charge in [-0.25, -0.2) is 0 Å². The summed E-state index contributed by atoms with van der Waals surface area (Å²) < 4.78 is 0. The summed E-state index contributed by atoms with van der Waals surface area (Å²) in [4.78, 5) is 15.1. The number of hydrogen-bond acceptors (Lipinski definition) is 4. The van der Waals surface area contributed by atoms with E-state index in [-0.39, 0.29) is 10.6 Å². The number of rotatable bonds is 6. The molecule has 5 heteroatoms. The fourth-order valence-electron chi connectivity index (χ4n) is 2.30. The zero-order valence-electron chi connectivity index (χ0n) is 12.4. The van der Waals surface area contributed by atoms with Crippen LogP contribution in [0.2, 0.25) is 0 Å². The smallest absolute Gasteiger partial charge is 0.278 e. The van der Waals surface area contributed by atoms with E-state index in [1.807, 2.05) is 0 Å². The molecule has 0 saturated carbocycles. The molecule has 5 nitrogen and oxygen atoms in total. The van der Waals surface area contributed by atoms with E-state index in [1.54, 1.807) is 20.0 Å². The predicted molar refractivity (Wildman–Crippen MR) is 76.1 cm³/mol. The van der Waals surface area contributed by atoms with Crippen LogP contribution in [0.5, 0.6) is 0 Å². The van der Waals surface area contributed by atoms with Gasteiger partial charge in [0.15, 0.2) is 0 Å². The number of hydrogen-bond donors (Lipinski definition) is 1. The summed E-state index contributed by atoms with van der Waals surface area (Å²) in [5.41, 5.74) is 2.22. The van der Waals surface area contributed by atoms with Gasteiger partial charge in [-0.2, -0.15) is 0 Å². The Morgan fingerprint density at radius 2 is 2.05 bits per heavy atom. The fourth-order valence-corrected chi connectivity index (χ4v) is 2.30. The maximum atomic E-state index is 11.1. The highest BCUT2D eigenvalue weighted by molar-refractivity contribution is 5.47. The van der Waals surface area contributed by atoms with Gasteiger partial charge in [0.05, 0.1) is 10.6 Å². The summed E-state index contributed by atoms with van der Waals surface area (Å²) in [6.45, 7) is 10.5. The summed E-state index contributed by atoms with van der Waals surface area (Å²) in [5.74, 6) is 0.533. The number of aromatic nitrogens is 1. The highest BCUT2D eigenvalue weighted by Gasteiger charge is 2.19. The van der Waals surface area contributed by atoms with Crippen LogP contribution >= 0.6 is 0 Å². The van der Waals surface area contributed by atoms with Crippen molar-refractivity contribution in [3.05, 3.63) is 33.1 Å². The van der Waals surface area contributed by atoms with E-state index >= 15 is 0 Å². The first-order valence-electron chi connectivity index (χ1n) is 6.71. The lowest BCUT2D eigenvalue weighted by Gasteiger charge is -2.21. The molecule has 0 aromatic carbocycles. The van der Waals surface area contributed by atoms with Crippen molar-refractivity contribution in [2.45, 2.75) is 53.6 Å². The lowest BCUT2D eigenvalue weighted by atomic mass is 10.0. The summed E-state index contributed by atoms with van der Waals surface area (Å²) in [7, 11) is 0. The Kier molecular flexibility index (Phi) is 5.42. The lowest BCUT2D eigenvalue weighted by Crippen LogP contribution is -2.33. The molecular formula is C14H23N3O2. The van der Waals surface area contributed by atoms with Crippen LogP contribution in [0.1, 0.15) is 44.0 Å².